The van der Waals surface area contributed by atoms with Gasteiger partial charge in [0.15, 0.2) is 0 Å². The monoisotopic (exact) mass is 282 g/mol. The van der Waals surface area contributed by atoms with Gasteiger partial charge >= 0.3 is 17.9 Å². The predicted molar refractivity (Wildman–Crippen MR) is 62.5 cm³/mol. The molecule has 6 N–H and O–H groups in total. The fourth-order valence-electron chi connectivity index (χ4n) is 0.187. The average Bonchev–Trinajstić information content (AvgIpc) is 2.27. The Morgan fingerprint density at radius 3 is 1.26 bits per heavy atom. The highest BCUT2D eigenvalue weighted by Gasteiger charge is 2.01. The lowest BCUT2D eigenvalue weighted by Crippen LogP contribution is -2.15. The zero-order valence-electron chi connectivity index (χ0n) is 10.3. The third kappa shape index (κ3) is 31.4. The van der Waals surface area contributed by atoms with E-state index in [1.807, 2.05) is 0 Å². The van der Waals surface area contributed by atoms with Crippen LogP contribution < -0.4 is 0 Å². The van der Waals surface area contributed by atoms with Crippen LogP contribution in [0, 0.1) is 0 Å². The average molecular weight is 282 g/mol. The maximum Gasteiger partial charge on any atom is 0.330 e. The second kappa shape index (κ2) is 14.1. The number of aliphatic carboxylic acids is 3. The van der Waals surface area contributed by atoms with Gasteiger partial charge in [0, 0.05) is 5.57 Å². The highest BCUT2D eigenvalue weighted by atomic mass is 16.4. The number of hydrogen-bond donors (Lipinski definition) is 6. The fraction of sp³-hybridized carbons (Fsp3) is 0.500. The molecule has 0 aromatic heterocycles. The summed E-state index contributed by atoms with van der Waals surface area (Å²) in [6, 6.07) is 0. The summed E-state index contributed by atoms with van der Waals surface area (Å²) < 4.78 is 0. The van der Waals surface area contributed by atoms with Gasteiger partial charge in [-0.05, 0) is 6.92 Å². The molecule has 0 aliphatic rings. The second-order valence-corrected chi connectivity index (χ2v) is 3.07. The van der Waals surface area contributed by atoms with E-state index in [0.717, 1.165) is 0 Å². The van der Waals surface area contributed by atoms with E-state index in [0.29, 0.717) is 0 Å². The van der Waals surface area contributed by atoms with E-state index in [-0.39, 0.29) is 18.8 Å². The lowest BCUT2D eigenvalue weighted by atomic mass is 10.4. The van der Waals surface area contributed by atoms with Gasteiger partial charge in [0.25, 0.3) is 0 Å². The maximum absolute atomic E-state index is 9.60. The zero-order chi connectivity index (χ0) is 16.0. The molecule has 0 aliphatic heterocycles. The lowest BCUT2D eigenvalue weighted by Gasteiger charge is -1.96. The number of aliphatic hydroxyl groups is 3. The minimum atomic E-state index is -1.31. The van der Waals surface area contributed by atoms with E-state index < -0.39 is 30.4 Å². The Morgan fingerprint density at radius 2 is 1.26 bits per heavy atom. The SMILES string of the molecule is C=C(C)C(=O)O.O=C(O)CC(=O)O.OCC(O)CO. The zero-order valence-corrected chi connectivity index (χ0v) is 10.3. The first kappa shape index (κ1) is 22.2. The third-order valence-corrected chi connectivity index (χ3v) is 1.09. The van der Waals surface area contributed by atoms with E-state index in [2.05, 4.69) is 6.58 Å². The number of carboxylic acid groups (broad SMARTS) is 3. The standard InChI is InChI=1S/C4H6O2.C3H4O4.C3H8O3/c1-3(2)4(5)6;4-2(5)1-3(6)7;4-1-3(6)2-5/h1H2,2H3,(H,5,6);1H2,(H,4,5)(H,6,7);3-6H,1-2H2. The minimum Gasteiger partial charge on any atom is -0.481 e. The fourth-order valence-corrected chi connectivity index (χ4v) is 0.187. The number of carbonyl (C=O) groups is 3. The Bertz CT molecular complexity index is 269. The molecule has 0 heterocycles. The summed E-state index contributed by atoms with van der Waals surface area (Å²) in [6.45, 7) is 3.87. The van der Waals surface area contributed by atoms with Crippen LogP contribution in [0.3, 0.4) is 0 Å². The Morgan fingerprint density at radius 1 is 1.00 bits per heavy atom. The molecule has 0 saturated heterocycles. The van der Waals surface area contributed by atoms with Crippen molar-refractivity contribution >= 4 is 17.9 Å². The number of carboxylic acids is 3. The summed E-state index contributed by atoms with van der Waals surface area (Å²) in [5, 5.41) is 47.3. The largest absolute Gasteiger partial charge is 0.481 e. The topological polar surface area (TPSA) is 173 Å². The molecular weight excluding hydrogens is 264 g/mol. The van der Waals surface area contributed by atoms with Crippen molar-refractivity contribution in [2.45, 2.75) is 19.4 Å². The summed E-state index contributed by atoms with van der Waals surface area (Å²) in [6.07, 6.45) is -1.76. The molecule has 0 amide bonds. The number of hydrogen-bond acceptors (Lipinski definition) is 6. The molecule has 0 aromatic carbocycles. The van der Waals surface area contributed by atoms with Crippen LogP contribution in [0.4, 0.5) is 0 Å². The molecule has 0 spiro atoms. The van der Waals surface area contributed by atoms with Crippen LogP contribution in [0.15, 0.2) is 12.2 Å². The molecule has 112 valence electrons. The molecule has 19 heavy (non-hydrogen) atoms. The van der Waals surface area contributed by atoms with Crippen LogP contribution >= 0.6 is 0 Å². The van der Waals surface area contributed by atoms with Crippen molar-refractivity contribution in [2.24, 2.45) is 0 Å². The second-order valence-electron chi connectivity index (χ2n) is 3.07. The Hall–Kier alpha value is -1.97. The van der Waals surface area contributed by atoms with Crippen LogP contribution in [0.2, 0.25) is 0 Å². The van der Waals surface area contributed by atoms with Crippen LogP contribution in [0.5, 0.6) is 0 Å². The van der Waals surface area contributed by atoms with E-state index >= 15 is 0 Å². The smallest absolute Gasteiger partial charge is 0.330 e. The van der Waals surface area contributed by atoms with Crippen LogP contribution in [-0.4, -0.2) is 67.9 Å². The number of aliphatic hydroxyl groups excluding tert-OH is 3. The Kier molecular flexibility index (Phi) is 16.5. The van der Waals surface area contributed by atoms with Crippen LogP contribution in [0.25, 0.3) is 0 Å². The van der Waals surface area contributed by atoms with Gasteiger partial charge in [0.05, 0.1) is 13.2 Å². The quantitative estimate of drug-likeness (QED) is 0.260. The van der Waals surface area contributed by atoms with Gasteiger partial charge in [-0.2, -0.15) is 0 Å². The summed E-state index contributed by atoms with van der Waals surface area (Å²) in [5.74, 6) is -3.56. The summed E-state index contributed by atoms with van der Waals surface area (Å²) in [4.78, 5) is 28.5. The first-order valence-electron chi connectivity index (χ1n) is 4.80. The van der Waals surface area contributed by atoms with Gasteiger partial charge < -0.3 is 30.6 Å². The minimum absolute atomic E-state index is 0.176. The van der Waals surface area contributed by atoms with Gasteiger partial charge in [-0.15, -0.1) is 0 Å². The van der Waals surface area contributed by atoms with Crippen molar-refractivity contribution < 1.29 is 45.0 Å². The molecule has 0 fully saturated rings. The molecule has 0 rings (SSSR count). The molecule has 9 heteroatoms. The van der Waals surface area contributed by atoms with Crippen LogP contribution in [0.1, 0.15) is 13.3 Å². The molecule has 0 aliphatic carbocycles. The van der Waals surface area contributed by atoms with Crippen molar-refractivity contribution in [3.8, 4) is 0 Å². The highest BCUT2D eigenvalue weighted by Crippen LogP contribution is 1.81. The van der Waals surface area contributed by atoms with Crippen molar-refractivity contribution in [1.29, 1.82) is 0 Å². The van der Waals surface area contributed by atoms with Crippen molar-refractivity contribution in [1.82, 2.24) is 0 Å². The first-order valence-corrected chi connectivity index (χ1v) is 4.80. The van der Waals surface area contributed by atoms with E-state index in [1.54, 1.807) is 0 Å². The van der Waals surface area contributed by atoms with E-state index in [9.17, 15) is 14.4 Å². The molecular formula is C10H18O9. The van der Waals surface area contributed by atoms with E-state index in [1.165, 1.54) is 6.92 Å². The first-order chi connectivity index (χ1) is 8.58. The van der Waals surface area contributed by atoms with Gasteiger partial charge in [-0.3, -0.25) is 9.59 Å². The summed E-state index contributed by atoms with van der Waals surface area (Å²) in [7, 11) is 0. The maximum atomic E-state index is 9.60. The van der Waals surface area contributed by atoms with Gasteiger partial charge in [-0.25, -0.2) is 4.79 Å². The molecule has 0 saturated carbocycles. The Balaban J connectivity index is -0.000000203. The highest BCUT2D eigenvalue weighted by molar-refractivity contribution is 5.88. The molecule has 9 nitrogen and oxygen atoms in total. The van der Waals surface area contributed by atoms with Gasteiger partial charge in [0.1, 0.15) is 12.5 Å². The van der Waals surface area contributed by atoms with Crippen molar-refractivity contribution in [2.75, 3.05) is 13.2 Å². The summed E-state index contributed by atoms with van der Waals surface area (Å²) in [5.41, 5.74) is 0.176. The van der Waals surface area contributed by atoms with Crippen molar-refractivity contribution in [3.05, 3.63) is 12.2 Å². The molecule has 0 radical (unpaired) electrons. The lowest BCUT2D eigenvalue weighted by molar-refractivity contribution is -0.147. The van der Waals surface area contributed by atoms with Crippen LogP contribution in [-0.2, 0) is 14.4 Å². The van der Waals surface area contributed by atoms with E-state index in [4.69, 9.17) is 30.6 Å². The Labute approximate surface area is 109 Å². The van der Waals surface area contributed by atoms with Gasteiger partial charge in [0.2, 0.25) is 0 Å². The molecule has 0 unspecified atom stereocenters. The van der Waals surface area contributed by atoms with Gasteiger partial charge in [-0.1, -0.05) is 6.58 Å². The summed E-state index contributed by atoms with van der Waals surface area (Å²) >= 11 is 0. The predicted octanol–water partition coefficient (Wildman–Crippen LogP) is -1.48. The normalized spacial score (nSPS) is 8.47. The molecule has 0 aromatic rings. The number of rotatable bonds is 5. The molecule has 0 bridgehead atoms. The third-order valence-electron chi connectivity index (χ3n) is 1.09. The molecule has 0 atom stereocenters. The van der Waals surface area contributed by atoms with Crippen molar-refractivity contribution in [3.63, 3.8) is 0 Å².